The van der Waals surface area contributed by atoms with Crippen LogP contribution in [0.2, 0.25) is 0 Å². The highest BCUT2D eigenvalue weighted by atomic mass is 79.9. The van der Waals surface area contributed by atoms with Gasteiger partial charge in [0.15, 0.2) is 0 Å². The van der Waals surface area contributed by atoms with E-state index in [9.17, 15) is 9.18 Å². The van der Waals surface area contributed by atoms with Crippen molar-refractivity contribution in [2.24, 2.45) is 0 Å². The van der Waals surface area contributed by atoms with Crippen molar-refractivity contribution >= 4 is 33.6 Å². The maximum absolute atomic E-state index is 13.0. The number of thioether (sulfide) groups is 1. The van der Waals surface area contributed by atoms with Gasteiger partial charge in [-0.1, -0.05) is 0 Å². The van der Waals surface area contributed by atoms with E-state index in [-0.39, 0.29) is 22.8 Å². The Bertz CT molecular complexity index is 404. The number of benzene rings is 1. The lowest BCUT2D eigenvalue weighted by atomic mass is 10.2. The van der Waals surface area contributed by atoms with Gasteiger partial charge in [0.2, 0.25) is 0 Å². The Kier molecular flexibility index (Phi) is 7.31. The van der Waals surface area contributed by atoms with Gasteiger partial charge in [0, 0.05) is 24.5 Å². The molecular formula is C12H15BrFNO2S. The number of hydrogen-bond donors (Lipinski definition) is 2. The molecule has 0 radical (unpaired) electrons. The fourth-order valence-electron chi connectivity index (χ4n) is 1.24. The number of amides is 1. The molecule has 0 heterocycles. The van der Waals surface area contributed by atoms with E-state index in [2.05, 4.69) is 21.2 Å². The third-order valence-electron chi connectivity index (χ3n) is 2.16. The zero-order chi connectivity index (χ0) is 13.4. The topological polar surface area (TPSA) is 49.3 Å². The number of carbonyl (C=O) groups excluding carboxylic acids is 1. The summed E-state index contributed by atoms with van der Waals surface area (Å²) in [6.45, 7) is 0.757. The van der Waals surface area contributed by atoms with Gasteiger partial charge in [0.05, 0.1) is 4.47 Å². The van der Waals surface area contributed by atoms with Crippen LogP contribution in [0.15, 0.2) is 22.7 Å². The van der Waals surface area contributed by atoms with Gasteiger partial charge >= 0.3 is 0 Å². The van der Waals surface area contributed by atoms with Crippen LogP contribution in [-0.2, 0) is 0 Å². The minimum absolute atomic E-state index is 0.197. The third-order valence-corrected chi connectivity index (χ3v) is 3.84. The summed E-state index contributed by atoms with van der Waals surface area (Å²) >= 11 is 4.72. The Balaban J connectivity index is 2.30. The van der Waals surface area contributed by atoms with Gasteiger partial charge in [-0.2, -0.15) is 11.8 Å². The van der Waals surface area contributed by atoms with E-state index in [0.717, 1.165) is 17.9 Å². The second-order valence-corrected chi connectivity index (χ2v) is 5.65. The fraction of sp³-hybridized carbons (Fsp3) is 0.417. The van der Waals surface area contributed by atoms with E-state index in [1.165, 1.54) is 18.2 Å². The van der Waals surface area contributed by atoms with E-state index in [4.69, 9.17) is 5.11 Å². The van der Waals surface area contributed by atoms with Crippen molar-refractivity contribution in [2.45, 2.75) is 6.42 Å². The molecule has 6 heteroatoms. The van der Waals surface area contributed by atoms with Crippen LogP contribution in [0, 0.1) is 5.82 Å². The van der Waals surface area contributed by atoms with Gasteiger partial charge in [0.1, 0.15) is 5.82 Å². The van der Waals surface area contributed by atoms with Crippen molar-refractivity contribution in [3.63, 3.8) is 0 Å². The van der Waals surface area contributed by atoms with Crippen molar-refractivity contribution in [1.29, 1.82) is 0 Å². The molecule has 0 atom stereocenters. The third kappa shape index (κ3) is 5.37. The quantitative estimate of drug-likeness (QED) is 0.752. The molecule has 0 spiro atoms. The molecule has 1 rings (SSSR count). The first kappa shape index (κ1) is 15.5. The molecule has 100 valence electrons. The molecule has 0 aliphatic carbocycles. The summed E-state index contributed by atoms with van der Waals surface area (Å²) in [6.07, 6.45) is 0.767. The molecule has 0 bridgehead atoms. The standard InChI is InChI=1S/C12H15BrFNO2S/c13-10-8-9(2-3-11(10)14)12(17)15-4-7-18-6-1-5-16/h2-3,8,16H,1,4-7H2,(H,15,17). The van der Waals surface area contributed by atoms with E-state index >= 15 is 0 Å². The number of rotatable bonds is 7. The van der Waals surface area contributed by atoms with Crippen LogP contribution in [0.5, 0.6) is 0 Å². The summed E-state index contributed by atoms with van der Waals surface area (Å²) in [5.74, 6) is 1.09. The lowest BCUT2D eigenvalue weighted by molar-refractivity contribution is 0.0956. The predicted octanol–water partition coefficient (Wildman–Crippen LogP) is 2.43. The summed E-state index contributed by atoms with van der Waals surface area (Å²) in [4.78, 5) is 11.7. The van der Waals surface area contributed by atoms with Crippen molar-refractivity contribution in [3.8, 4) is 0 Å². The normalized spacial score (nSPS) is 10.4. The molecule has 0 aromatic heterocycles. The SMILES string of the molecule is O=C(NCCSCCCO)c1ccc(F)c(Br)c1. The second kappa shape index (κ2) is 8.50. The summed E-state index contributed by atoms with van der Waals surface area (Å²) in [7, 11) is 0. The van der Waals surface area contributed by atoms with Crippen LogP contribution in [0.25, 0.3) is 0 Å². The molecule has 2 N–H and O–H groups in total. The molecule has 1 amide bonds. The summed E-state index contributed by atoms with van der Waals surface area (Å²) in [5, 5.41) is 11.3. The second-order valence-electron chi connectivity index (χ2n) is 3.57. The number of aliphatic hydroxyl groups is 1. The summed E-state index contributed by atoms with van der Waals surface area (Å²) in [5.41, 5.74) is 0.434. The first-order valence-corrected chi connectivity index (χ1v) is 7.51. The lowest BCUT2D eigenvalue weighted by Gasteiger charge is -2.05. The average Bonchev–Trinajstić information content (AvgIpc) is 2.36. The van der Waals surface area contributed by atoms with Crippen LogP contribution >= 0.6 is 27.7 Å². The minimum Gasteiger partial charge on any atom is -0.396 e. The molecule has 3 nitrogen and oxygen atoms in total. The lowest BCUT2D eigenvalue weighted by Crippen LogP contribution is -2.25. The Morgan fingerprint density at radius 1 is 1.44 bits per heavy atom. The minimum atomic E-state index is -0.383. The first-order valence-electron chi connectivity index (χ1n) is 5.57. The van der Waals surface area contributed by atoms with Gasteiger partial charge in [-0.25, -0.2) is 4.39 Å². The number of carbonyl (C=O) groups is 1. The van der Waals surface area contributed by atoms with Crippen molar-refractivity contribution < 1.29 is 14.3 Å². The number of aliphatic hydroxyl groups excluding tert-OH is 1. The van der Waals surface area contributed by atoms with Crippen LogP contribution in [0.1, 0.15) is 16.8 Å². The number of halogens is 2. The van der Waals surface area contributed by atoms with Gasteiger partial charge in [-0.3, -0.25) is 4.79 Å². The highest BCUT2D eigenvalue weighted by molar-refractivity contribution is 9.10. The first-order chi connectivity index (χ1) is 8.65. The number of nitrogens with one attached hydrogen (secondary N) is 1. The maximum Gasteiger partial charge on any atom is 0.251 e. The largest absolute Gasteiger partial charge is 0.396 e. The maximum atomic E-state index is 13.0. The molecule has 0 fully saturated rings. The summed E-state index contributed by atoms with van der Waals surface area (Å²) < 4.78 is 13.3. The fourth-order valence-corrected chi connectivity index (χ4v) is 2.41. The smallest absolute Gasteiger partial charge is 0.251 e. The van der Waals surface area contributed by atoms with Crippen LogP contribution in [0.4, 0.5) is 4.39 Å². The zero-order valence-corrected chi connectivity index (χ0v) is 12.2. The van der Waals surface area contributed by atoms with Crippen molar-refractivity contribution in [3.05, 3.63) is 34.1 Å². The van der Waals surface area contributed by atoms with Crippen molar-refractivity contribution in [1.82, 2.24) is 5.32 Å². The number of hydrogen-bond acceptors (Lipinski definition) is 3. The molecule has 0 aliphatic rings. The van der Waals surface area contributed by atoms with Gasteiger partial charge < -0.3 is 10.4 Å². The molecule has 0 saturated heterocycles. The molecular weight excluding hydrogens is 321 g/mol. The molecule has 0 unspecified atom stereocenters. The van der Waals surface area contributed by atoms with E-state index < -0.39 is 0 Å². The van der Waals surface area contributed by atoms with Crippen LogP contribution in [-0.4, -0.2) is 35.7 Å². The Hall–Kier alpha value is -0.590. The van der Waals surface area contributed by atoms with E-state index in [1.54, 1.807) is 11.8 Å². The van der Waals surface area contributed by atoms with Crippen molar-refractivity contribution in [2.75, 3.05) is 24.7 Å². The molecule has 1 aromatic rings. The molecule has 0 saturated carbocycles. The van der Waals surface area contributed by atoms with E-state index in [0.29, 0.717) is 12.1 Å². The Morgan fingerprint density at radius 2 is 2.22 bits per heavy atom. The predicted molar refractivity (Wildman–Crippen MR) is 75.5 cm³/mol. The van der Waals surface area contributed by atoms with Crippen LogP contribution in [0.3, 0.4) is 0 Å². The van der Waals surface area contributed by atoms with Gasteiger partial charge in [-0.15, -0.1) is 0 Å². The van der Waals surface area contributed by atoms with Gasteiger partial charge in [-0.05, 0) is 46.3 Å². The molecule has 0 aliphatic heterocycles. The zero-order valence-electron chi connectivity index (χ0n) is 9.79. The Labute approximate surface area is 118 Å². The Morgan fingerprint density at radius 3 is 2.89 bits per heavy atom. The average molecular weight is 336 g/mol. The monoisotopic (exact) mass is 335 g/mol. The molecule has 18 heavy (non-hydrogen) atoms. The summed E-state index contributed by atoms with van der Waals surface area (Å²) in [6, 6.07) is 4.17. The molecule has 1 aromatic carbocycles. The highest BCUT2D eigenvalue weighted by Gasteiger charge is 2.07. The van der Waals surface area contributed by atoms with E-state index in [1.807, 2.05) is 0 Å². The van der Waals surface area contributed by atoms with Crippen LogP contribution < -0.4 is 5.32 Å². The van der Waals surface area contributed by atoms with Gasteiger partial charge in [0.25, 0.3) is 5.91 Å². The highest BCUT2D eigenvalue weighted by Crippen LogP contribution is 2.16.